The Morgan fingerprint density at radius 1 is 1.50 bits per heavy atom. The van der Waals surface area contributed by atoms with E-state index in [2.05, 4.69) is 0 Å². The lowest BCUT2D eigenvalue weighted by Crippen LogP contribution is -2.25. The first-order valence-electron chi connectivity index (χ1n) is 5.60. The van der Waals surface area contributed by atoms with Crippen molar-refractivity contribution in [1.82, 2.24) is 0 Å². The van der Waals surface area contributed by atoms with Crippen LogP contribution in [0.3, 0.4) is 0 Å². The van der Waals surface area contributed by atoms with Crippen LogP contribution in [-0.2, 0) is 9.59 Å². The number of Topliss-reactive ketones (excluding diaryl/α,β-unsaturated/α-hetero) is 2. The van der Waals surface area contributed by atoms with Gasteiger partial charge in [0.1, 0.15) is 11.6 Å². The smallest absolute Gasteiger partial charge is 0.142 e. The van der Waals surface area contributed by atoms with Crippen molar-refractivity contribution in [2.24, 2.45) is 17.3 Å². The minimum atomic E-state index is -0.207. The Balaban J connectivity index is 2.18. The molecule has 78 valence electrons. The molecule has 0 aromatic carbocycles. The number of fused-ring (bicyclic) bond motifs is 1. The molecule has 2 aliphatic rings. The van der Waals surface area contributed by atoms with Gasteiger partial charge < -0.3 is 0 Å². The predicted molar refractivity (Wildman–Crippen MR) is 53.9 cm³/mol. The second kappa shape index (κ2) is 3.18. The van der Waals surface area contributed by atoms with E-state index in [0.717, 1.165) is 25.7 Å². The van der Waals surface area contributed by atoms with Gasteiger partial charge in [0.15, 0.2) is 0 Å². The van der Waals surface area contributed by atoms with Crippen LogP contribution in [0.25, 0.3) is 0 Å². The van der Waals surface area contributed by atoms with Crippen LogP contribution in [0.1, 0.15) is 46.0 Å². The van der Waals surface area contributed by atoms with Crippen LogP contribution in [-0.4, -0.2) is 11.6 Å². The fourth-order valence-electron chi connectivity index (χ4n) is 3.10. The van der Waals surface area contributed by atoms with E-state index in [4.69, 9.17) is 0 Å². The van der Waals surface area contributed by atoms with Crippen molar-refractivity contribution in [3.05, 3.63) is 0 Å². The van der Waals surface area contributed by atoms with Crippen LogP contribution >= 0.6 is 0 Å². The number of hydrogen-bond donors (Lipinski definition) is 0. The van der Waals surface area contributed by atoms with E-state index < -0.39 is 0 Å². The van der Waals surface area contributed by atoms with Crippen LogP contribution in [0.5, 0.6) is 0 Å². The lowest BCUT2D eigenvalue weighted by atomic mass is 9.86. The van der Waals surface area contributed by atoms with Crippen molar-refractivity contribution < 1.29 is 9.59 Å². The highest BCUT2D eigenvalue weighted by atomic mass is 16.1. The van der Waals surface area contributed by atoms with Crippen LogP contribution in [0, 0.1) is 17.3 Å². The SMILES string of the molecule is CC(=O)C[C@]12C[C@H]1CCCC(C)C2=O. The van der Waals surface area contributed by atoms with E-state index in [1.54, 1.807) is 6.92 Å². The third kappa shape index (κ3) is 1.41. The highest BCUT2D eigenvalue weighted by Gasteiger charge is 2.60. The molecule has 0 radical (unpaired) electrons. The van der Waals surface area contributed by atoms with Crippen LogP contribution < -0.4 is 0 Å². The third-order valence-corrected chi connectivity index (χ3v) is 3.92. The van der Waals surface area contributed by atoms with Gasteiger partial charge in [0.05, 0.1) is 0 Å². The van der Waals surface area contributed by atoms with Gasteiger partial charge in [0.2, 0.25) is 0 Å². The molecule has 0 spiro atoms. The number of hydrogen-bond acceptors (Lipinski definition) is 2. The van der Waals surface area contributed by atoms with Gasteiger partial charge >= 0.3 is 0 Å². The molecule has 2 saturated carbocycles. The highest BCUT2D eigenvalue weighted by Crippen LogP contribution is 2.61. The molecule has 2 aliphatic carbocycles. The van der Waals surface area contributed by atoms with Crippen molar-refractivity contribution in [3.63, 3.8) is 0 Å². The molecule has 0 amide bonds. The summed E-state index contributed by atoms with van der Waals surface area (Å²) in [6.07, 6.45) is 4.83. The van der Waals surface area contributed by atoms with Gasteiger partial charge in [-0.05, 0) is 32.1 Å². The third-order valence-electron chi connectivity index (χ3n) is 3.92. The van der Waals surface area contributed by atoms with Gasteiger partial charge in [-0.3, -0.25) is 9.59 Å². The van der Waals surface area contributed by atoms with Gasteiger partial charge in [-0.25, -0.2) is 0 Å². The minimum Gasteiger partial charge on any atom is -0.300 e. The zero-order chi connectivity index (χ0) is 10.3. The summed E-state index contributed by atoms with van der Waals surface area (Å²) in [7, 11) is 0. The lowest BCUT2D eigenvalue weighted by molar-refractivity contribution is -0.131. The molecule has 0 heterocycles. The molecule has 0 saturated heterocycles. The van der Waals surface area contributed by atoms with Gasteiger partial charge in [-0.2, -0.15) is 0 Å². The average molecular weight is 194 g/mol. The normalized spacial score (nSPS) is 41.4. The molecule has 0 bridgehead atoms. The topological polar surface area (TPSA) is 34.1 Å². The maximum atomic E-state index is 12.1. The Morgan fingerprint density at radius 2 is 2.21 bits per heavy atom. The fourth-order valence-corrected chi connectivity index (χ4v) is 3.10. The van der Waals surface area contributed by atoms with Crippen molar-refractivity contribution in [2.45, 2.75) is 46.0 Å². The summed E-state index contributed by atoms with van der Waals surface area (Å²) in [6, 6.07) is 0. The van der Waals surface area contributed by atoms with E-state index in [0.29, 0.717) is 18.1 Å². The van der Waals surface area contributed by atoms with Crippen LogP contribution in [0.15, 0.2) is 0 Å². The largest absolute Gasteiger partial charge is 0.300 e. The Hall–Kier alpha value is -0.660. The predicted octanol–water partition coefficient (Wildman–Crippen LogP) is 2.36. The summed E-state index contributed by atoms with van der Waals surface area (Å²) < 4.78 is 0. The van der Waals surface area contributed by atoms with Gasteiger partial charge in [-0.1, -0.05) is 13.3 Å². The second-order valence-electron chi connectivity index (χ2n) is 5.13. The van der Waals surface area contributed by atoms with E-state index in [-0.39, 0.29) is 17.1 Å². The molecule has 14 heavy (non-hydrogen) atoms. The molecule has 0 aliphatic heterocycles. The summed E-state index contributed by atoms with van der Waals surface area (Å²) >= 11 is 0. The number of carbonyl (C=O) groups is 2. The first-order chi connectivity index (χ1) is 6.56. The summed E-state index contributed by atoms with van der Waals surface area (Å²) in [6.45, 7) is 3.62. The average Bonchev–Trinajstić information content (AvgIpc) is 2.77. The summed E-state index contributed by atoms with van der Waals surface area (Å²) in [5, 5.41) is 0. The first kappa shape index (κ1) is 9.88. The number of carbonyl (C=O) groups excluding carboxylic acids is 2. The first-order valence-corrected chi connectivity index (χ1v) is 5.60. The van der Waals surface area contributed by atoms with Gasteiger partial charge in [-0.15, -0.1) is 0 Å². The summed E-state index contributed by atoms with van der Waals surface area (Å²) in [4.78, 5) is 23.2. The minimum absolute atomic E-state index is 0.176. The fraction of sp³-hybridized carbons (Fsp3) is 0.833. The van der Waals surface area contributed by atoms with Crippen molar-refractivity contribution >= 4 is 11.6 Å². The summed E-state index contributed by atoms with van der Waals surface area (Å²) in [5.41, 5.74) is -0.207. The summed E-state index contributed by atoms with van der Waals surface area (Å²) in [5.74, 6) is 1.26. The van der Waals surface area contributed by atoms with Crippen LogP contribution in [0.2, 0.25) is 0 Å². The molecule has 2 heteroatoms. The lowest BCUT2D eigenvalue weighted by Gasteiger charge is -2.16. The van der Waals surface area contributed by atoms with E-state index in [1.807, 2.05) is 6.92 Å². The molecular weight excluding hydrogens is 176 g/mol. The Morgan fingerprint density at radius 3 is 2.86 bits per heavy atom. The highest BCUT2D eigenvalue weighted by molar-refractivity contribution is 5.94. The zero-order valence-electron chi connectivity index (χ0n) is 9.01. The van der Waals surface area contributed by atoms with E-state index in [1.165, 1.54) is 0 Å². The second-order valence-corrected chi connectivity index (χ2v) is 5.13. The quantitative estimate of drug-likeness (QED) is 0.676. The van der Waals surface area contributed by atoms with Gasteiger partial charge in [0.25, 0.3) is 0 Å². The molecular formula is C12H18O2. The van der Waals surface area contributed by atoms with E-state index >= 15 is 0 Å². The van der Waals surface area contributed by atoms with Gasteiger partial charge in [0, 0.05) is 17.8 Å². The number of ketones is 2. The molecule has 2 fully saturated rings. The van der Waals surface area contributed by atoms with E-state index in [9.17, 15) is 9.59 Å². The van der Waals surface area contributed by atoms with Crippen molar-refractivity contribution in [1.29, 1.82) is 0 Å². The maximum Gasteiger partial charge on any atom is 0.142 e. The van der Waals surface area contributed by atoms with Crippen molar-refractivity contribution in [3.8, 4) is 0 Å². The Labute approximate surface area is 85.1 Å². The maximum absolute atomic E-state index is 12.1. The number of rotatable bonds is 2. The van der Waals surface area contributed by atoms with Crippen LogP contribution in [0.4, 0.5) is 0 Å². The molecule has 1 unspecified atom stereocenters. The Kier molecular flexibility index (Phi) is 2.24. The zero-order valence-corrected chi connectivity index (χ0v) is 9.01. The monoisotopic (exact) mass is 194 g/mol. The molecule has 3 atom stereocenters. The van der Waals surface area contributed by atoms with Crippen molar-refractivity contribution in [2.75, 3.05) is 0 Å². The standard InChI is InChI=1S/C12H18O2/c1-8-4-3-5-10-7-12(10,11(8)14)6-9(2)13/h8,10H,3-7H2,1-2H3/t8?,10-,12+/m1/s1. The molecule has 2 rings (SSSR count). The molecule has 0 aromatic heterocycles. The molecule has 2 nitrogen and oxygen atoms in total. The molecule has 0 N–H and O–H groups in total. The molecule has 0 aromatic rings. The Bertz CT molecular complexity index is 282.